The highest BCUT2D eigenvalue weighted by Crippen LogP contribution is 2.21. The Balaban J connectivity index is 2.75. The monoisotopic (exact) mass is 277 g/mol. The van der Waals surface area contributed by atoms with Gasteiger partial charge < -0.3 is 20.4 Å². The molecule has 2 unspecified atom stereocenters. The average molecular weight is 277 g/mol. The van der Waals surface area contributed by atoms with E-state index in [1.807, 2.05) is 0 Å². The van der Waals surface area contributed by atoms with Gasteiger partial charge in [-0.2, -0.15) is 5.26 Å². The van der Waals surface area contributed by atoms with Crippen molar-refractivity contribution in [1.29, 1.82) is 5.26 Å². The Kier molecular flexibility index (Phi) is 6.12. The Morgan fingerprint density at radius 1 is 1.40 bits per heavy atom. The van der Waals surface area contributed by atoms with E-state index in [0.717, 1.165) is 0 Å². The van der Waals surface area contributed by atoms with Crippen LogP contribution >= 0.6 is 0 Å². The van der Waals surface area contributed by atoms with Crippen LogP contribution in [-0.2, 0) is 4.79 Å². The fraction of sp³-hybridized carbons (Fsp3) is 0.429. The Morgan fingerprint density at radius 2 is 2.00 bits per heavy atom. The van der Waals surface area contributed by atoms with Gasteiger partial charge in [0, 0.05) is 5.69 Å². The molecule has 0 fully saturated rings. The molecule has 6 nitrogen and oxygen atoms in total. The normalized spacial score (nSPS) is 13.6. The van der Waals surface area contributed by atoms with E-state index in [-0.39, 0.29) is 18.9 Å². The molecule has 3 N–H and O–H groups in total. The Hall–Kier alpha value is -1.94. The first kappa shape index (κ1) is 16.1. The molecular weight excluding hydrogens is 258 g/mol. The third kappa shape index (κ3) is 4.31. The van der Waals surface area contributed by atoms with Gasteiger partial charge in [-0.25, -0.2) is 0 Å². The highest BCUT2D eigenvalue weighted by molar-refractivity contribution is 5.91. The van der Waals surface area contributed by atoms with Gasteiger partial charge in [-0.1, -0.05) is 12.1 Å². The number of nitrogens with one attached hydrogen (secondary N) is 1. The molecular formula is C14H19N3O3. The number of anilines is 1. The summed E-state index contributed by atoms with van der Waals surface area (Å²) in [6.45, 7) is -0.158. The van der Waals surface area contributed by atoms with E-state index in [9.17, 15) is 15.0 Å². The van der Waals surface area contributed by atoms with Crippen molar-refractivity contribution in [2.75, 3.05) is 26.0 Å². The number of nitrogens with zero attached hydrogens (tertiary/aromatic N) is 2. The van der Waals surface area contributed by atoms with Gasteiger partial charge in [-0.05, 0) is 31.8 Å². The number of nitriles is 1. The van der Waals surface area contributed by atoms with Crippen LogP contribution in [0.3, 0.4) is 0 Å². The molecule has 0 aliphatic rings. The Morgan fingerprint density at radius 3 is 2.45 bits per heavy atom. The zero-order valence-corrected chi connectivity index (χ0v) is 11.6. The first-order chi connectivity index (χ1) is 9.49. The maximum atomic E-state index is 11.3. The van der Waals surface area contributed by atoms with Crippen molar-refractivity contribution >= 4 is 11.6 Å². The summed E-state index contributed by atoms with van der Waals surface area (Å²) in [6.07, 6.45) is -1.02. The lowest BCUT2D eigenvalue weighted by atomic mass is 10.0. The lowest BCUT2D eigenvalue weighted by molar-refractivity contribution is -0.115. The van der Waals surface area contributed by atoms with Crippen LogP contribution in [0.2, 0.25) is 0 Å². The number of likely N-dealkylation sites (N-methyl/N-ethyl adjacent to an activating group) is 1. The first-order valence-corrected chi connectivity index (χ1v) is 6.21. The highest BCUT2D eigenvalue weighted by atomic mass is 16.3. The van der Waals surface area contributed by atoms with Crippen LogP contribution in [0.1, 0.15) is 18.1 Å². The predicted octanol–water partition coefficient (Wildman–Crippen LogP) is 0.495. The topological polar surface area (TPSA) is 96.6 Å². The zero-order valence-electron chi connectivity index (χ0n) is 11.6. The van der Waals surface area contributed by atoms with Crippen molar-refractivity contribution in [3.63, 3.8) is 0 Å². The molecule has 0 spiro atoms. The van der Waals surface area contributed by atoms with E-state index in [0.29, 0.717) is 11.3 Å². The molecule has 0 saturated heterocycles. The highest BCUT2D eigenvalue weighted by Gasteiger charge is 2.22. The lowest BCUT2D eigenvalue weighted by Crippen LogP contribution is -2.37. The quantitative estimate of drug-likeness (QED) is 0.703. The molecule has 6 heteroatoms. The smallest absolute Gasteiger partial charge is 0.238 e. The van der Waals surface area contributed by atoms with Crippen molar-refractivity contribution < 1.29 is 15.0 Å². The zero-order chi connectivity index (χ0) is 15.1. The summed E-state index contributed by atoms with van der Waals surface area (Å²) >= 11 is 0. The second-order valence-electron chi connectivity index (χ2n) is 4.66. The number of carbonyl (C=O) groups is 1. The number of rotatable bonds is 6. The summed E-state index contributed by atoms with van der Waals surface area (Å²) in [5, 5.41) is 30.4. The van der Waals surface area contributed by atoms with E-state index in [4.69, 9.17) is 5.26 Å². The van der Waals surface area contributed by atoms with E-state index in [1.165, 1.54) is 0 Å². The van der Waals surface area contributed by atoms with Crippen molar-refractivity contribution in [3.8, 4) is 6.07 Å². The Bertz CT molecular complexity index is 479. The second-order valence-corrected chi connectivity index (χ2v) is 4.66. The molecule has 2 atom stereocenters. The molecule has 0 radical (unpaired) electrons. The van der Waals surface area contributed by atoms with Crippen LogP contribution in [-0.4, -0.2) is 47.8 Å². The van der Waals surface area contributed by atoms with Crippen LogP contribution in [0, 0.1) is 11.3 Å². The molecule has 0 bridgehead atoms. The largest absolute Gasteiger partial charge is 0.395 e. The first-order valence-electron chi connectivity index (χ1n) is 6.21. The number of benzene rings is 1. The summed E-state index contributed by atoms with van der Waals surface area (Å²) in [4.78, 5) is 13.0. The summed E-state index contributed by atoms with van der Waals surface area (Å²) < 4.78 is 0. The standard InChI is InChI=1S/C14H19N3O3/c1-17(2)12(9-18)14(20)10-3-5-11(6-4-10)16-13(19)7-8-15/h3-6,12,14,18,20H,7,9H2,1-2H3,(H,16,19). The number of carbonyl (C=O) groups excluding carboxylic acids is 1. The fourth-order valence-electron chi connectivity index (χ4n) is 1.81. The van der Waals surface area contributed by atoms with Gasteiger partial charge in [0.25, 0.3) is 0 Å². The third-order valence-corrected chi connectivity index (χ3v) is 2.99. The lowest BCUT2D eigenvalue weighted by Gasteiger charge is -2.27. The average Bonchev–Trinajstić information content (AvgIpc) is 2.40. The molecule has 1 amide bonds. The van der Waals surface area contributed by atoms with Crippen molar-refractivity contribution in [3.05, 3.63) is 29.8 Å². The van der Waals surface area contributed by atoms with Gasteiger partial charge in [0.15, 0.2) is 0 Å². The molecule has 0 aliphatic carbocycles. The van der Waals surface area contributed by atoms with Crippen LogP contribution < -0.4 is 5.32 Å². The molecule has 1 aromatic rings. The van der Waals surface area contributed by atoms with Crippen molar-refractivity contribution in [1.82, 2.24) is 4.90 Å². The minimum absolute atomic E-state index is 0.158. The van der Waals surface area contributed by atoms with E-state index < -0.39 is 12.1 Å². The van der Waals surface area contributed by atoms with E-state index in [1.54, 1.807) is 49.3 Å². The van der Waals surface area contributed by atoms with Gasteiger partial charge in [-0.3, -0.25) is 4.79 Å². The molecule has 0 heterocycles. The van der Waals surface area contributed by atoms with Crippen molar-refractivity contribution in [2.24, 2.45) is 0 Å². The van der Waals surface area contributed by atoms with Gasteiger partial charge in [0.05, 0.1) is 24.8 Å². The van der Waals surface area contributed by atoms with E-state index in [2.05, 4.69) is 5.32 Å². The van der Waals surface area contributed by atoms with Crippen LogP contribution in [0.5, 0.6) is 0 Å². The molecule has 108 valence electrons. The maximum Gasteiger partial charge on any atom is 0.238 e. The molecule has 0 aliphatic heterocycles. The number of aliphatic hydroxyl groups is 2. The number of hydrogen-bond donors (Lipinski definition) is 3. The number of amides is 1. The number of aliphatic hydroxyl groups excluding tert-OH is 2. The summed E-state index contributed by atoms with van der Waals surface area (Å²) in [7, 11) is 3.56. The summed E-state index contributed by atoms with van der Waals surface area (Å²) in [5.74, 6) is -0.373. The fourth-order valence-corrected chi connectivity index (χ4v) is 1.81. The van der Waals surface area contributed by atoms with Gasteiger partial charge in [0.2, 0.25) is 5.91 Å². The summed E-state index contributed by atoms with van der Waals surface area (Å²) in [6, 6.07) is 8.03. The van der Waals surface area contributed by atoms with Crippen LogP contribution in [0.15, 0.2) is 24.3 Å². The Labute approximate surface area is 118 Å². The predicted molar refractivity (Wildman–Crippen MR) is 74.8 cm³/mol. The second kappa shape index (κ2) is 7.60. The molecule has 1 rings (SSSR count). The minimum atomic E-state index is -0.820. The van der Waals surface area contributed by atoms with Crippen LogP contribution in [0.4, 0.5) is 5.69 Å². The minimum Gasteiger partial charge on any atom is -0.395 e. The molecule has 20 heavy (non-hydrogen) atoms. The SMILES string of the molecule is CN(C)C(CO)C(O)c1ccc(NC(=O)CC#N)cc1. The van der Waals surface area contributed by atoms with Gasteiger partial charge in [-0.15, -0.1) is 0 Å². The third-order valence-electron chi connectivity index (χ3n) is 2.99. The molecule has 0 aromatic heterocycles. The maximum absolute atomic E-state index is 11.3. The molecule has 0 saturated carbocycles. The van der Waals surface area contributed by atoms with Gasteiger partial charge >= 0.3 is 0 Å². The number of hydrogen-bond acceptors (Lipinski definition) is 5. The van der Waals surface area contributed by atoms with Crippen molar-refractivity contribution in [2.45, 2.75) is 18.6 Å². The van der Waals surface area contributed by atoms with E-state index >= 15 is 0 Å². The molecule has 1 aromatic carbocycles. The van der Waals surface area contributed by atoms with Crippen LogP contribution in [0.25, 0.3) is 0 Å². The summed E-state index contributed by atoms with van der Waals surface area (Å²) in [5.41, 5.74) is 1.21. The van der Waals surface area contributed by atoms with Gasteiger partial charge in [0.1, 0.15) is 6.42 Å².